The summed E-state index contributed by atoms with van der Waals surface area (Å²) in [6.45, 7) is 0.451. The van der Waals surface area contributed by atoms with E-state index >= 15 is 0 Å². The van der Waals surface area contributed by atoms with Crippen molar-refractivity contribution in [1.29, 1.82) is 0 Å². The Balaban J connectivity index is 2.81. The molecule has 0 spiro atoms. The Hall–Kier alpha value is -1.00. The van der Waals surface area contributed by atoms with Crippen LogP contribution in [-0.2, 0) is 9.53 Å². The third kappa shape index (κ3) is 3.54. The predicted octanol–water partition coefficient (Wildman–Crippen LogP) is 2.01. The zero-order valence-electron chi connectivity index (χ0n) is 9.60. The standard InChI is InChI=1S/C12H17NO2S/c1-15-12(14)7-10(8-13)9-4-3-5-11(6-9)16-2/h3-6,10H,7-8,13H2,1-2H3. The lowest BCUT2D eigenvalue weighted by molar-refractivity contribution is -0.141. The average Bonchev–Trinajstić information content (AvgIpc) is 2.35. The number of rotatable bonds is 5. The zero-order valence-corrected chi connectivity index (χ0v) is 10.4. The SMILES string of the molecule is COC(=O)CC(CN)c1cccc(SC)c1. The molecule has 1 unspecified atom stereocenters. The van der Waals surface area contributed by atoms with Crippen molar-refractivity contribution in [1.82, 2.24) is 0 Å². The van der Waals surface area contributed by atoms with E-state index in [4.69, 9.17) is 5.73 Å². The Morgan fingerprint density at radius 1 is 1.56 bits per heavy atom. The van der Waals surface area contributed by atoms with Crippen molar-refractivity contribution in [3.63, 3.8) is 0 Å². The largest absolute Gasteiger partial charge is 0.469 e. The molecule has 0 aliphatic carbocycles. The summed E-state index contributed by atoms with van der Waals surface area (Å²) in [4.78, 5) is 12.4. The van der Waals surface area contributed by atoms with Gasteiger partial charge in [-0.15, -0.1) is 11.8 Å². The summed E-state index contributed by atoms with van der Waals surface area (Å²) < 4.78 is 4.66. The highest BCUT2D eigenvalue weighted by atomic mass is 32.2. The summed E-state index contributed by atoms with van der Waals surface area (Å²) in [6.07, 6.45) is 2.36. The Kier molecular flexibility index (Phi) is 5.35. The molecule has 0 heterocycles. The van der Waals surface area contributed by atoms with E-state index in [1.807, 2.05) is 24.5 Å². The molecule has 0 saturated carbocycles. The number of benzene rings is 1. The monoisotopic (exact) mass is 239 g/mol. The lowest BCUT2D eigenvalue weighted by Crippen LogP contribution is -2.17. The first-order chi connectivity index (χ1) is 7.71. The van der Waals surface area contributed by atoms with Crippen molar-refractivity contribution in [3.8, 4) is 0 Å². The van der Waals surface area contributed by atoms with Gasteiger partial charge in [0.15, 0.2) is 0 Å². The Morgan fingerprint density at radius 2 is 2.31 bits per heavy atom. The summed E-state index contributed by atoms with van der Waals surface area (Å²) in [7, 11) is 1.40. The van der Waals surface area contributed by atoms with Crippen LogP contribution in [0.1, 0.15) is 17.9 Å². The maximum absolute atomic E-state index is 11.2. The number of hydrogen-bond acceptors (Lipinski definition) is 4. The van der Waals surface area contributed by atoms with Crippen molar-refractivity contribution in [2.45, 2.75) is 17.2 Å². The van der Waals surface area contributed by atoms with Crippen molar-refractivity contribution in [2.75, 3.05) is 19.9 Å². The van der Waals surface area contributed by atoms with E-state index in [9.17, 15) is 4.79 Å². The third-order valence-corrected chi connectivity index (χ3v) is 3.22. The van der Waals surface area contributed by atoms with Crippen LogP contribution in [0.4, 0.5) is 0 Å². The van der Waals surface area contributed by atoms with Crippen LogP contribution in [0.5, 0.6) is 0 Å². The molecule has 0 amide bonds. The van der Waals surface area contributed by atoms with E-state index in [1.54, 1.807) is 11.8 Å². The first kappa shape index (κ1) is 13.1. The molecule has 2 N–H and O–H groups in total. The van der Waals surface area contributed by atoms with E-state index in [-0.39, 0.29) is 11.9 Å². The second-order valence-corrected chi connectivity index (χ2v) is 4.37. The number of methoxy groups -OCH3 is 1. The van der Waals surface area contributed by atoms with Gasteiger partial charge < -0.3 is 10.5 Å². The van der Waals surface area contributed by atoms with Crippen molar-refractivity contribution >= 4 is 17.7 Å². The summed E-state index contributed by atoms with van der Waals surface area (Å²) in [5.74, 6) is -0.176. The number of carbonyl (C=O) groups excluding carboxylic acids is 1. The first-order valence-electron chi connectivity index (χ1n) is 5.12. The van der Waals surface area contributed by atoms with Crippen LogP contribution < -0.4 is 5.73 Å². The van der Waals surface area contributed by atoms with Crippen LogP contribution in [-0.4, -0.2) is 25.9 Å². The number of esters is 1. The topological polar surface area (TPSA) is 52.3 Å². The molecular formula is C12H17NO2S. The molecule has 3 nitrogen and oxygen atoms in total. The molecule has 1 rings (SSSR count). The molecule has 0 aliphatic rings. The lowest BCUT2D eigenvalue weighted by atomic mass is 9.96. The van der Waals surface area contributed by atoms with Crippen LogP contribution in [0.2, 0.25) is 0 Å². The first-order valence-corrected chi connectivity index (χ1v) is 6.34. The van der Waals surface area contributed by atoms with Crippen LogP contribution in [0, 0.1) is 0 Å². The van der Waals surface area contributed by atoms with Gasteiger partial charge >= 0.3 is 5.97 Å². The van der Waals surface area contributed by atoms with E-state index < -0.39 is 0 Å². The quantitative estimate of drug-likeness (QED) is 0.631. The van der Waals surface area contributed by atoms with Gasteiger partial charge in [-0.25, -0.2) is 0 Å². The maximum atomic E-state index is 11.2. The number of ether oxygens (including phenoxy) is 1. The summed E-state index contributed by atoms with van der Waals surface area (Å²) in [5.41, 5.74) is 6.78. The molecule has 16 heavy (non-hydrogen) atoms. The second-order valence-electron chi connectivity index (χ2n) is 3.49. The summed E-state index contributed by atoms with van der Waals surface area (Å²) >= 11 is 1.68. The minimum atomic E-state index is -0.218. The molecule has 1 aromatic carbocycles. The molecule has 0 radical (unpaired) electrons. The number of hydrogen-bond donors (Lipinski definition) is 1. The highest BCUT2D eigenvalue weighted by Crippen LogP contribution is 2.23. The number of thioether (sulfide) groups is 1. The van der Waals surface area contributed by atoms with E-state index in [0.717, 1.165) is 5.56 Å². The van der Waals surface area contributed by atoms with Gasteiger partial charge in [-0.1, -0.05) is 12.1 Å². The molecule has 1 atom stereocenters. The molecule has 1 aromatic rings. The van der Waals surface area contributed by atoms with Gasteiger partial charge in [0.25, 0.3) is 0 Å². The third-order valence-electron chi connectivity index (χ3n) is 2.49. The zero-order chi connectivity index (χ0) is 12.0. The van der Waals surface area contributed by atoms with Gasteiger partial charge in [0.1, 0.15) is 0 Å². The fourth-order valence-electron chi connectivity index (χ4n) is 1.52. The van der Waals surface area contributed by atoms with Crippen molar-refractivity contribution < 1.29 is 9.53 Å². The van der Waals surface area contributed by atoms with Crippen LogP contribution in [0.3, 0.4) is 0 Å². The second kappa shape index (κ2) is 6.55. The fourth-order valence-corrected chi connectivity index (χ4v) is 1.99. The van der Waals surface area contributed by atoms with E-state index in [0.29, 0.717) is 13.0 Å². The van der Waals surface area contributed by atoms with Gasteiger partial charge in [0.2, 0.25) is 0 Å². The summed E-state index contributed by atoms with van der Waals surface area (Å²) in [5, 5.41) is 0. The Morgan fingerprint density at radius 3 is 2.88 bits per heavy atom. The van der Waals surface area contributed by atoms with E-state index in [2.05, 4.69) is 10.8 Å². The molecule has 0 aliphatic heterocycles. The average molecular weight is 239 g/mol. The smallest absolute Gasteiger partial charge is 0.306 e. The predicted molar refractivity (Wildman–Crippen MR) is 66.7 cm³/mol. The van der Waals surface area contributed by atoms with E-state index in [1.165, 1.54) is 12.0 Å². The fraction of sp³-hybridized carbons (Fsp3) is 0.417. The van der Waals surface area contributed by atoms with Crippen molar-refractivity contribution in [3.05, 3.63) is 29.8 Å². The van der Waals surface area contributed by atoms with Gasteiger partial charge in [0, 0.05) is 10.8 Å². The minimum absolute atomic E-state index is 0.0412. The molecule has 0 fully saturated rings. The summed E-state index contributed by atoms with van der Waals surface area (Å²) in [6, 6.07) is 8.10. The number of nitrogens with two attached hydrogens (primary N) is 1. The maximum Gasteiger partial charge on any atom is 0.306 e. The molecule has 0 saturated heterocycles. The normalized spacial score (nSPS) is 12.2. The molecule has 88 valence electrons. The van der Waals surface area contributed by atoms with Gasteiger partial charge in [-0.2, -0.15) is 0 Å². The van der Waals surface area contributed by atoms with Gasteiger partial charge in [-0.05, 0) is 30.5 Å². The Bertz CT molecular complexity index is 355. The molecule has 0 bridgehead atoms. The molecular weight excluding hydrogens is 222 g/mol. The van der Waals surface area contributed by atoms with Gasteiger partial charge in [-0.3, -0.25) is 4.79 Å². The highest BCUT2D eigenvalue weighted by Gasteiger charge is 2.15. The highest BCUT2D eigenvalue weighted by molar-refractivity contribution is 7.98. The Labute approximate surface area is 100 Å². The number of carbonyl (C=O) groups is 1. The van der Waals surface area contributed by atoms with Crippen LogP contribution in [0.25, 0.3) is 0 Å². The molecule has 4 heteroatoms. The van der Waals surface area contributed by atoms with Gasteiger partial charge in [0.05, 0.1) is 13.5 Å². The lowest BCUT2D eigenvalue weighted by Gasteiger charge is -2.14. The van der Waals surface area contributed by atoms with Crippen molar-refractivity contribution in [2.24, 2.45) is 5.73 Å². The van der Waals surface area contributed by atoms with Crippen LogP contribution >= 0.6 is 11.8 Å². The minimum Gasteiger partial charge on any atom is -0.469 e. The van der Waals surface area contributed by atoms with Crippen LogP contribution in [0.15, 0.2) is 29.2 Å². The molecule has 0 aromatic heterocycles.